The second kappa shape index (κ2) is 5.42. The number of hydrogen-bond acceptors (Lipinski definition) is 5. The Kier molecular flexibility index (Phi) is 3.63. The van der Waals surface area contributed by atoms with Crippen LogP contribution in [-0.4, -0.2) is 17.0 Å². The van der Waals surface area contributed by atoms with Crippen molar-refractivity contribution in [1.29, 1.82) is 0 Å². The Morgan fingerprint density at radius 1 is 1.15 bits per heavy atom. The predicted octanol–water partition coefficient (Wildman–Crippen LogP) is 4.50. The summed E-state index contributed by atoms with van der Waals surface area (Å²) in [4.78, 5) is 12.6. The fourth-order valence-electron chi connectivity index (χ4n) is 2.00. The van der Waals surface area contributed by atoms with Crippen molar-refractivity contribution in [2.45, 2.75) is 23.8 Å². The molecule has 3 rings (SSSR count). The highest BCUT2D eigenvalue weighted by Crippen LogP contribution is 2.35. The first kappa shape index (κ1) is 13.4. The number of nitrogens with zero attached hydrogens (tertiary/aromatic N) is 2. The molecule has 3 nitrogen and oxygen atoms in total. The summed E-state index contributed by atoms with van der Waals surface area (Å²) in [6, 6.07) is 10.6. The third-order valence-corrected chi connectivity index (χ3v) is 4.85. The lowest BCUT2D eigenvalue weighted by atomic mass is 10.2. The van der Waals surface area contributed by atoms with E-state index in [2.05, 4.69) is 59.5 Å². The molecule has 0 spiro atoms. The molecule has 5 heteroatoms. The highest BCUT2D eigenvalue weighted by Gasteiger charge is 2.11. The van der Waals surface area contributed by atoms with E-state index in [4.69, 9.17) is 0 Å². The van der Waals surface area contributed by atoms with E-state index in [0.717, 1.165) is 15.2 Å². The number of anilines is 1. The summed E-state index contributed by atoms with van der Waals surface area (Å²) in [5, 5.41) is 5.18. The third kappa shape index (κ3) is 2.64. The monoisotopic (exact) mass is 301 g/mol. The minimum atomic E-state index is 0.675. The molecule has 0 aliphatic heterocycles. The van der Waals surface area contributed by atoms with Gasteiger partial charge in [0, 0.05) is 22.2 Å². The molecule has 1 aromatic carbocycles. The average Bonchev–Trinajstić information content (AvgIpc) is 2.79. The van der Waals surface area contributed by atoms with Gasteiger partial charge in [-0.25, -0.2) is 9.97 Å². The molecule has 2 heterocycles. The van der Waals surface area contributed by atoms with E-state index in [1.807, 2.05) is 7.05 Å². The van der Waals surface area contributed by atoms with Gasteiger partial charge in [-0.15, -0.1) is 11.3 Å². The maximum Gasteiger partial charge on any atom is 0.224 e. The van der Waals surface area contributed by atoms with Crippen LogP contribution in [0.5, 0.6) is 0 Å². The van der Waals surface area contributed by atoms with Crippen molar-refractivity contribution < 1.29 is 0 Å². The first-order valence-corrected chi connectivity index (χ1v) is 7.99. The number of hydrogen-bond donors (Lipinski definition) is 1. The lowest BCUT2D eigenvalue weighted by molar-refractivity contribution is 1.10. The van der Waals surface area contributed by atoms with Gasteiger partial charge in [-0.1, -0.05) is 29.5 Å². The maximum absolute atomic E-state index is 4.61. The fraction of sp³-hybridized carbons (Fsp3) is 0.200. The predicted molar refractivity (Wildman–Crippen MR) is 87.0 cm³/mol. The second-order valence-electron chi connectivity index (χ2n) is 4.60. The van der Waals surface area contributed by atoms with E-state index in [1.54, 1.807) is 23.1 Å². The first-order chi connectivity index (χ1) is 9.65. The molecular formula is C15H15N3S2. The Bertz CT molecular complexity index is 765. The molecule has 0 atom stereocenters. The summed E-state index contributed by atoms with van der Waals surface area (Å²) in [5.41, 5.74) is 1.26. The number of aromatic nitrogens is 2. The van der Waals surface area contributed by atoms with Gasteiger partial charge >= 0.3 is 0 Å². The fourth-order valence-corrected chi connectivity index (χ4v) is 3.95. The smallest absolute Gasteiger partial charge is 0.224 e. The summed E-state index contributed by atoms with van der Waals surface area (Å²) < 4.78 is 0. The SMILES string of the molecule is CNc1nc(Sc2cccc(C)c2)c2cc(C)sc2n1. The van der Waals surface area contributed by atoms with Crippen LogP contribution in [0.3, 0.4) is 0 Å². The standard InChI is InChI=1S/C15H15N3S2/c1-9-5-4-6-11(7-9)20-14-12-8-10(2)19-13(12)17-15(16-3)18-14/h4-8H,1-3H3,(H,16,17,18). The Morgan fingerprint density at radius 2 is 2.00 bits per heavy atom. The van der Waals surface area contributed by atoms with Gasteiger partial charge in [-0.2, -0.15) is 0 Å². The van der Waals surface area contributed by atoms with Gasteiger partial charge in [0.15, 0.2) is 0 Å². The molecule has 3 aromatic rings. The first-order valence-electron chi connectivity index (χ1n) is 6.36. The minimum absolute atomic E-state index is 0.675. The molecule has 0 saturated carbocycles. The molecule has 0 aliphatic rings. The van der Waals surface area contributed by atoms with Crippen LogP contribution in [0.4, 0.5) is 5.95 Å². The number of aryl methyl sites for hydroxylation is 2. The second-order valence-corrected chi connectivity index (χ2v) is 6.89. The van der Waals surface area contributed by atoms with E-state index < -0.39 is 0 Å². The summed E-state index contributed by atoms with van der Waals surface area (Å²) in [7, 11) is 1.85. The highest BCUT2D eigenvalue weighted by molar-refractivity contribution is 7.99. The molecule has 0 unspecified atom stereocenters. The molecule has 0 fully saturated rings. The van der Waals surface area contributed by atoms with Gasteiger partial charge in [0.1, 0.15) is 9.86 Å². The van der Waals surface area contributed by atoms with Crippen LogP contribution in [-0.2, 0) is 0 Å². The molecule has 0 bridgehead atoms. The number of fused-ring (bicyclic) bond motifs is 1. The summed E-state index contributed by atoms with van der Waals surface area (Å²) >= 11 is 3.39. The van der Waals surface area contributed by atoms with E-state index >= 15 is 0 Å². The summed E-state index contributed by atoms with van der Waals surface area (Å²) in [5.74, 6) is 0.675. The van der Waals surface area contributed by atoms with Gasteiger partial charge in [-0.05, 0) is 32.0 Å². The van der Waals surface area contributed by atoms with Crippen LogP contribution >= 0.6 is 23.1 Å². The van der Waals surface area contributed by atoms with E-state index in [-0.39, 0.29) is 0 Å². The Labute approximate surface area is 126 Å². The molecule has 0 saturated heterocycles. The van der Waals surface area contributed by atoms with Gasteiger partial charge in [0.05, 0.1) is 0 Å². The Hall–Kier alpha value is -1.59. The van der Waals surface area contributed by atoms with Crippen molar-refractivity contribution in [1.82, 2.24) is 9.97 Å². The molecule has 102 valence electrons. The van der Waals surface area contributed by atoms with Crippen LogP contribution in [0, 0.1) is 13.8 Å². The highest BCUT2D eigenvalue weighted by atomic mass is 32.2. The number of thiophene rings is 1. The molecule has 0 aliphatic carbocycles. The van der Waals surface area contributed by atoms with Crippen LogP contribution < -0.4 is 5.32 Å². The molecule has 1 N–H and O–H groups in total. The van der Waals surface area contributed by atoms with Crippen LogP contribution in [0.1, 0.15) is 10.4 Å². The van der Waals surface area contributed by atoms with Crippen molar-refractivity contribution >= 4 is 39.3 Å². The van der Waals surface area contributed by atoms with Crippen molar-refractivity contribution in [2.24, 2.45) is 0 Å². The lowest BCUT2D eigenvalue weighted by Crippen LogP contribution is -1.96. The Balaban J connectivity index is 2.09. The number of nitrogens with one attached hydrogen (secondary N) is 1. The number of rotatable bonds is 3. The van der Waals surface area contributed by atoms with E-state index in [9.17, 15) is 0 Å². The van der Waals surface area contributed by atoms with Crippen LogP contribution in [0.15, 0.2) is 40.3 Å². The van der Waals surface area contributed by atoms with Crippen molar-refractivity contribution in [3.8, 4) is 0 Å². The molecule has 2 aromatic heterocycles. The largest absolute Gasteiger partial charge is 0.357 e. The normalized spacial score (nSPS) is 10.9. The summed E-state index contributed by atoms with van der Waals surface area (Å²) in [6.45, 7) is 4.21. The topological polar surface area (TPSA) is 37.8 Å². The minimum Gasteiger partial charge on any atom is -0.357 e. The molecule has 0 radical (unpaired) electrons. The maximum atomic E-state index is 4.61. The summed E-state index contributed by atoms with van der Waals surface area (Å²) in [6.07, 6.45) is 0. The zero-order valence-corrected chi connectivity index (χ0v) is 13.2. The van der Waals surface area contributed by atoms with Crippen molar-refractivity contribution in [2.75, 3.05) is 12.4 Å². The number of benzene rings is 1. The zero-order valence-electron chi connectivity index (χ0n) is 11.6. The van der Waals surface area contributed by atoms with Crippen LogP contribution in [0.25, 0.3) is 10.2 Å². The molecule has 0 amide bonds. The van der Waals surface area contributed by atoms with Gasteiger partial charge in [-0.3, -0.25) is 0 Å². The van der Waals surface area contributed by atoms with Crippen molar-refractivity contribution in [3.63, 3.8) is 0 Å². The van der Waals surface area contributed by atoms with Crippen LogP contribution in [0.2, 0.25) is 0 Å². The van der Waals surface area contributed by atoms with Crippen molar-refractivity contribution in [3.05, 3.63) is 40.8 Å². The van der Waals surface area contributed by atoms with Gasteiger partial charge in [0.25, 0.3) is 0 Å². The lowest BCUT2D eigenvalue weighted by Gasteiger charge is -2.05. The van der Waals surface area contributed by atoms with Gasteiger partial charge < -0.3 is 5.32 Å². The quantitative estimate of drug-likeness (QED) is 0.723. The Morgan fingerprint density at radius 3 is 2.75 bits per heavy atom. The zero-order chi connectivity index (χ0) is 14.1. The molecule has 20 heavy (non-hydrogen) atoms. The molecular weight excluding hydrogens is 286 g/mol. The van der Waals surface area contributed by atoms with Gasteiger partial charge in [0.2, 0.25) is 5.95 Å². The third-order valence-electron chi connectivity index (χ3n) is 2.91. The van der Waals surface area contributed by atoms with E-state index in [1.165, 1.54) is 15.3 Å². The average molecular weight is 301 g/mol. The van der Waals surface area contributed by atoms with E-state index in [0.29, 0.717) is 5.95 Å².